The Morgan fingerprint density at radius 3 is 2.95 bits per heavy atom. The molecular weight excluding hydrogens is 248 g/mol. The number of aliphatic hydroxyl groups excluding tert-OH is 1. The second kappa shape index (κ2) is 5.66. The maximum absolute atomic E-state index is 10.5. The average molecular weight is 264 g/mol. The number of hydrogen-bond donors (Lipinski definition) is 2. The molecule has 2 aromatic rings. The number of rotatable bonds is 6. The fraction of sp³-hybridized carbons (Fsp3) is 0.417. The molecule has 2 N–H and O–H groups in total. The summed E-state index contributed by atoms with van der Waals surface area (Å²) in [5.41, 5.74) is 2.47. The molecule has 0 fully saturated rings. The molecule has 0 saturated carbocycles. The minimum atomic E-state index is -0.818. The molecule has 102 valence electrons. The van der Waals surface area contributed by atoms with E-state index >= 15 is 0 Å². The second-order valence-electron chi connectivity index (χ2n) is 4.27. The Morgan fingerprint density at radius 2 is 2.26 bits per heavy atom. The van der Waals surface area contributed by atoms with E-state index < -0.39 is 5.97 Å². The highest BCUT2D eigenvalue weighted by Crippen LogP contribution is 2.19. The smallest absolute Gasteiger partial charge is 0.305 e. The first-order chi connectivity index (χ1) is 9.11. The van der Waals surface area contributed by atoms with E-state index in [1.54, 1.807) is 4.68 Å². The van der Waals surface area contributed by atoms with Crippen LogP contribution in [0.25, 0.3) is 11.0 Å². The van der Waals surface area contributed by atoms with E-state index in [2.05, 4.69) is 10.3 Å². The lowest BCUT2D eigenvalue weighted by Crippen LogP contribution is -2.20. The van der Waals surface area contributed by atoms with E-state index in [0.29, 0.717) is 13.1 Å². The number of hydrogen-bond acceptors (Lipinski definition) is 5. The molecule has 0 spiro atoms. The van der Waals surface area contributed by atoms with E-state index in [-0.39, 0.29) is 13.0 Å². The zero-order chi connectivity index (χ0) is 13.8. The molecule has 0 aliphatic rings. The highest BCUT2D eigenvalue weighted by atomic mass is 16.4. The minimum Gasteiger partial charge on any atom is -0.481 e. The van der Waals surface area contributed by atoms with E-state index in [9.17, 15) is 4.79 Å². The maximum Gasteiger partial charge on any atom is 0.305 e. The fourth-order valence-electron chi connectivity index (χ4n) is 1.85. The Bertz CT molecular complexity index is 581. The van der Waals surface area contributed by atoms with Crippen molar-refractivity contribution in [3.63, 3.8) is 0 Å². The van der Waals surface area contributed by atoms with Crippen molar-refractivity contribution in [2.75, 3.05) is 25.1 Å². The molecule has 7 heteroatoms. The molecule has 0 radical (unpaired) electrons. The van der Waals surface area contributed by atoms with Gasteiger partial charge in [0.05, 0.1) is 25.1 Å². The first-order valence-corrected chi connectivity index (χ1v) is 5.99. The zero-order valence-electron chi connectivity index (χ0n) is 10.7. The second-order valence-corrected chi connectivity index (χ2v) is 4.27. The normalized spacial score (nSPS) is 10.8. The third-order valence-corrected chi connectivity index (χ3v) is 2.91. The standard InChI is InChI=1S/C12H16N4O3/c1-15(5-4-12(18)19)9-2-3-11-10(8-9)13-14-16(11)6-7-17/h2-3,8,17H,4-7H2,1H3,(H,18,19). The van der Waals surface area contributed by atoms with Crippen molar-refractivity contribution >= 4 is 22.7 Å². The number of fused-ring (bicyclic) bond motifs is 1. The minimum absolute atomic E-state index is 0.0126. The third kappa shape index (κ3) is 3.00. The van der Waals surface area contributed by atoms with Gasteiger partial charge in [0.1, 0.15) is 5.52 Å². The molecule has 0 unspecified atom stereocenters. The quantitative estimate of drug-likeness (QED) is 0.781. The summed E-state index contributed by atoms with van der Waals surface area (Å²) in [6.45, 7) is 0.856. The Hall–Kier alpha value is -2.15. The van der Waals surface area contributed by atoms with Crippen molar-refractivity contribution in [2.45, 2.75) is 13.0 Å². The molecular formula is C12H16N4O3. The van der Waals surface area contributed by atoms with Gasteiger partial charge in [-0.3, -0.25) is 4.79 Å². The molecule has 0 atom stereocenters. The number of carboxylic acid groups (broad SMARTS) is 1. The Balaban J connectivity index is 2.19. The SMILES string of the molecule is CN(CCC(=O)O)c1ccc2c(c1)nnn2CCO. The van der Waals surface area contributed by atoms with Gasteiger partial charge in [0.15, 0.2) is 0 Å². The summed E-state index contributed by atoms with van der Waals surface area (Å²) in [7, 11) is 1.84. The van der Waals surface area contributed by atoms with Gasteiger partial charge in [0.25, 0.3) is 0 Å². The summed E-state index contributed by atoms with van der Waals surface area (Å²) in [5.74, 6) is -0.818. The monoisotopic (exact) mass is 264 g/mol. The lowest BCUT2D eigenvalue weighted by Gasteiger charge is -2.17. The summed E-state index contributed by atoms with van der Waals surface area (Å²) in [5, 5.41) is 25.6. The highest BCUT2D eigenvalue weighted by molar-refractivity contribution is 5.79. The number of carbonyl (C=O) groups is 1. The van der Waals surface area contributed by atoms with Crippen LogP contribution >= 0.6 is 0 Å². The fourth-order valence-corrected chi connectivity index (χ4v) is 1.85. The van der Waals surface area contributed by atoms with Gasteiger partial charge in [0, 0.05) is 19.3 Å². The Morgan fingerprint density at radius 1 is 1.47 bits per heavy atom. The number of aliphatic hydroxyl groups is 1. The van der Waals surface area contributed by atoms with Crippen molar-refractivity contribution < 1.29 is 15.0 Å². The molecule has 1 aromatic carbocycles. The maximum atomic E-state index is 10.5. The predicted octanol–water partition coefficient (Wildman–Crippen LogP) is 0.334. The first kappa shape index (κ1) is 13.3. The van der Waals surface area contributed by atoms with Gasteiger partial charge in [-0.15, -0.1) is 5.10 Å². The van der Waals surface area contributed by atoms with E-state index in [0.717, 1.165) is 16.7 Å². The van der Waals surface area contributed by atoms with Crippen molar-refractivity contribution in [2.24, 2.45) is 0 Å². The van der Waals surface area contributed by atoms with Crippen LogP contribution in [0.2, 0.25) is 0 Å². The third-order valence-electron chi connectivity index (χ3n) is 2.91. The van der Waals surface area contributed by atoms with Crippen LogP contribution in [0, 0.1) is 0 Å². The summed E-state index contributed by atoms with van der Waals surface area (Å²) in [4.78, 5) is 12.4. The Labute approximate surface area is 110 Å². The Kier molecular flexibility index (Phi) is 3.96. The summed E-state index contributed by atoms with van der Waals surface area (Å²) < 4.78 is 1.64. The largest absolute Gasteiger partial charge is 0.481 e. The van der Waals surface area contributed by atoms with Gasteiger partial charge in [-0.05, 0) is 18.2 Å². The van der Waals surface area contributed by atoms with Crippen molar-refractivity contribution in [1.82, 2.24) is 15.0 Å². The summed E-state index contributed by atoms with van der Waals surface area (Å²) in [6.07, 6.45) is 0.0890. The molecule has 1 heterocycles. The van der Waals surface area contributed by atoms with Crippen LogP contribution in [0.4, 0.5) is 5.69 Å². The van der Waals surface area contributed by atoms with Crippen molar-refractivity contribution in [3.05, 3.63) is 18.2 Å². The van der Waals surface area contributed by atoms with Gasteiger partial charge < -0.3 is 15.1 Å². The highest BCUT2D eigenvalue weighted by Gasteiger charge is 2.08. The van der Waals surface area contributed by atoms with Gasteiger partial charge in [-0.1, -0.05) is 5.21 Å². The van der Waals surface area contributed by atoms with Crippen LogP contribution in [0.1, 0.15) is 6.42 Å². The average Bonchev–Trinajstić information content (AvgIpc) is 2.79. The molecule has 0 amide bonds. The van der Waals surface area contributed by atoms with Crippen LogP contribution < -0.4 is 4.90 Å². The molecule has 0 aliphatic carbocycles. The van der Waals surface area contributed by atoms with Crippen molar-refractivity contribution in [3.8, 4) is 0 Å². The molecule has 19 heavy (non-hydrogen) atoms. The van der Waals surface area contributed by atoms with Gasteiger partial charge >= 0.3 is 5.97 Å². The molecule has 0 saturated heterocycles. The summed E-state index contributed by atoms with van der Waals surface area (Å²) >= 11 is 0. The molecule has 1 aromatic heterocycles. The summed E-state index contributed by atoms with van der Waals surface area (Å²) in [6, 6.07) is 5.62. The zero-order valence-corrected chi connectivity index (χ0v) is 10.7. The molecule has 7 nitrogen and oxygen atoms in total. The molecule has 2 rings (SSSR count). The predicted molar refractivity (Wildman–Crippen MR) is 70.1 cm³/mol. The van der Waals surface area contributed by atoms with Crippen LogP contribution in [-0.4, -0.2) is 51.4 Å². The number of benzene rings is 1. The number of nitrogens with zero attached hydrogens (tertiary/aromatic N) is 4. The number of anilines is 1. The lowest BCUT2D eigenvalue weighted by molar-refractivity contribution is -0.136. The van der Waals surface area contributed by atoms with E-state index in [1.807, 2.05) is 30.1 Å². The first-order valence-electron chi connectivity index (χ1n) is 5.99. The van der Waals surface area contributed by atoms with Crippen molar-refractivity contribution in [1.29, 1.82) is 0 Å². The van der Waals surface area contributed by atoms with Crippen LogP contribution in [0.5, 0.6) is 0 Å². The van der Waals surface area contributed by atoms with Gasteiger partial charge in [-0.2, -0.15) is 0 Å². The van der Waals surface area contributed by atoms with Gasteiger partial charge in [-0.25, -0.2) is 4.68 Å². The van der Waals surface area contributed by atoms with Gasteiger partial charge in [0.2, 0.25) is 0 Å². The van der Waals surface area contributed by atoms with Crippen LogP contribution in [-0.2, 0) is 11.3 Å². The molecule has 0 aliphatic heterocycles. The van der Waals surface area contributed by atoms with E-state index in [4.69, 9.17) is 10.2 Å². The lowest BCUT2D eigenvalue weighted by atomic mass is 10.2. The van der Waals surface area contributed by atoms with Crippen LogP contribution in [0.15, 0.2) is 18.2 Å². The number of aromatic nitrogens is 3. The number of carboxylic acids is 1. The number of aliphatic carboxylic acids is 1. The van der Waals surface area contributed by atoms with E-state index in [1.165, 1.54) is 0 Å². The van der Waals surface area contributed by atoms with Crippen LogP contribution in [0.3, 0.4) is 0 Å². The topological polar surface area (TPSA) is 91.5 Å². The molecule has 0 bridgehead atoms.